The van der Waals surface area contributed by atoms with Crippen molar-refractivity contribution in [2.45, 2.75) is 20.8 Å². The highest BCUT2D eigenvalue weighted by Crippen LogP contribution is 2.33. The first-order chi connectivity index (χ1) is 12.4. The zero-order chi connectivity index (χ0) is 18.8. The topological polar surface area (TPSA) is 110 Å². The van der Waals surface area contributed by atoms with Crippen LogP contribution in [0.25, 0.3) is 10.2 Å². The molecule has 0 aliphatic rings. The van der Waals surface area contributed by atoms with E-state index in [1.54, 1.807) is 35.6 Å². The van der Waals surface area contributed by atoms with Crippen molar-refractivity contribution >= 4 is 44.9 Å². The van der Waals surface area contributed by atoms with Gasteiger partial charge >= 0.3 is 0 Å². The van der Waals surface area contributed by atoms with E-state index in [0.29, 0.717) is 17.3 Å². The van der Waals surface area contributed by atoms with Crippen LogP contribution in [-0.4, -0.2) is 28.3 Å². The molecule has 0 spiro atoms. The lowest BCUT2D eigenvalue weighted by atomic mass is 10.1. The van der Waals surface area contributed by atoms with Crippen molar-refractivity contribution in [1.29, 1.82) is 0 Å². The second-order valence-corrected chi connectivity index (χ2v) is 7.10. The highest BCUT2D eigenvalue weighted by atomic mass is 32.1. The number of fused-ring (bicyclic) bond motifs is 1. The molecule has 134 valence electrons. The Morgan fingerprint density at radius 1 is 1.15 bits per heavy atom. The van der Waals surface area contributed by atoms with Gasteiger partial charge in [0.05, 0.1) is 23.2 Å². The minimum Gasteiger partial charge on any atom is -0.366 e. The number of amides is 2. The third kappa shape index (κ3) is 3.50. The normalized spacial score (nSPS) is 10.7. The number of hydrogen-bond donors (Lipinski definition) is 3. The summed E-state index contributed by atoms with van der Waals surface area (Å²) in [5.74, 6) is 0.382. The molecule has 2 aromatic heterocycles. The quantitative estimate of drug-likeness (QED) is 0.640. The lowest BCUT2D eigenvalue weighted by Gasteiger charge is -2.11. The average molecular weight is 369 g/mol. The molecule has 2 heterocycles. The number of primary amides is 1. The van der Waals surface area contributed by atoms with E-state index in [9.17, 15) is 9.59 Å². The van der Waals surface area contributed by atoms with Crippen molar-refractivity contribution in [2.75, 3.05) is 17.2 Å². The maximum atomic E-state index is 12.3. The molecule has 0 bridgehead atoms. The van der Waals surface area contributed by atoms with E-state index in [4.69, 9.17) is 5.73 Å². The van der Waals surface area contributed by atoms with Gasteiger partial charge in [0.1, 0.15) is 16.5 Å². The van der Waals surface area contributed by atoms with Gasteiger partial charge in [-0.05, 0) is 38.5 Å². The number of carbonyl (C=O) groups is 2. The third-order valence-corrected chi connectivity index (χ3v) is 5.12. The number of benzene rings is 1. The number of nitrogens with zero attached hydrogens (tertiary/aromatic N) is 2. The van der Waals surface area contributed by atoms with E-state index in [1.807, 2.05) is 20.8 Å². The maximum Gasteiger partial charge on any atom is 0.250 e. The summed E-state index contributed by atoms with van der Waals surface area (Å²) in [5.41, 5.74) is 7.09. The van der Waals surface area contributed by atoms with Crippen molar-refractivity contribution in [1.82, 2.24) is 9.97 Å². The fourth-order valence-corrected chi connectivity index (χ4v) is 3.72. The summed E-state index contributed by atoms with van der Waals surface area (Å²) in [6.07, 6.45) is 0. The molecule has 3 rings (SSSR count). The largest absolute Gasteiger partial charge is 0.366 e. The van der Waals surface area contributed by atoms with Gasteiger partial charge in [0.15, 0.2) is 0 Å². The van der Waals surface area contributed by atoms with Crippen LogP contribution in [0.4, 0.5) is 11.5 Å². The van der Waals surface area contributed by atoms with Crippen molar-refractivity contribution in [2.24, 2.45) is 5.73 Å². The van der Waals surface area contributed by atoms with Crippen LogP contribution in [0.5, 0.6) is 0 Å². The van der Waals surface area contributed by atoms with E-state index in [2.05, 4.69) is 20.6 Å². The van der Waals surface area contributed by atoms with Crippen molar-refractivity contribution < 1.29 is 9.59 Å². The number of anilines is 2. The van der Waals surface area contributed by atoms with Crippen molar-refractivity contribution in [3.05, 3.63) is 46.1 Å². The predicted octanol–water partition coefficient (Wildman–Crippen LogP) is 2.77. The molecular weight excluding hydrogens is 350 g/mol. The molecule has 7 nitrogen and oxygen atoms in total. The molecule has 0 radical (unpaired) electrons. The second-order valence-electron chi connectivity index (χ2n) is 5.89. The van der Waals surface area contributed by atoms with Crippen LogP contribution in [0.2, 0.25) is 0 Å². The lowest BCUT2D eigenvalue weighted by molar-refractivity contribution is -0.114. The molecule has 0 saturated heterocycles. The van der Waals surface area contributed by atoms with Crippen molar-refractivity contribution in [3.8, 4) is 0 Å². The highest BCUT2D eigenvalue weighted by molar-refractivity contribution is 7.18. The van der Waals surface area contributed by atoms with Gasteiger partial charge in [-0.3, -0.25) is 9.59 Å². The number of para-hydroxylation sites is 1. The first kappa shape index (κ1) is 17.8. The van der Waals surface area contributed by atoms with Gasteiger partial charge in [-0.1, -0.05) is 12.1 Å². The van der Waals surface area contributed by atoms with Crippen LogP contribution >= 0.6 is 11.3 Å². The summed E-state index contributed by atoms with van der Waals surface area (Å²) in [7, 11) is 0. The summed E-state index contributed by atoms with van der Waals surface area (Å²) >= 11 is 1.61. The number of hydrogen-bond acceptors (Lipinski definition) is 6. The number of aryl methyl sites for hydroxylation is 3. The number of rotatable bonds is 5. The fraction of sp³-hybridized carbons (Fsp3) is 0.222. The average Bonchev–Trinajstić information content (AvgIpc) is 2.87. The van der Waals surface area contributed by atoms with E-state index >= 15 is 0 Å². The molecule has 4 N–H and O–H groups in total. The van der Waals surface area contributed by atoms with Crippen LogP contribution in [0.3, 0.4) is 0 Å². The lowest BCUT2D eigenvalue weighted by Crippen LogP contribution is -2.24. The van der Waals surface area contributed by atoms with E-state index in [1.165, 1.54) is 4.88 Å². The van der Waals surface area contributed by atoms with Gasteiger partial charge in [0.25, 0.3) is 5.91 Å². The molecule has 8 heteroatoms. The van der Waals surface area contributed by atoms with Gasteiger partial charge in [0, 0.05) is 4.88 Å². The summed E-state index contributed by atoms with van der Waals surface area (Å²) in [5, 5.41) is 6.71. The van der Waals surface area contributed by atoms with E-state index in [0.717, 1.165) is 15.8 Å². The standard InChI is InChI=1S/C18H19N5O2S/c1-9-10(2)26-18-15(9)17(21-11(3)22-18)20-8-14(24)23-13-7-5-4-6-12(13)16(19)25/h4-7H,8H2,1-3H3,(H2,19,25)(H,23,24)(H,20,21,22). The summed E-state index contributed by atoms with van der Waals surface area (Å²) in [6, 6.07) is 6.62. The fourth-order valence-electron chi connectivity index (χ4n) is 2.65. The van der Waals surface area contributed by atoms with Crippen LogP contribution in [0, 0.1) is 20.8 Å². The van der Waals surface area contributed by atoms with Gasteiger partial charge in [-0.25, -0.2) is 9.97 Å². The van der Waals surface area contributed by atoms with Crippen LogP contribution in [0.1, 0.15) is 26.6 Å². The number of nitrogens with one attached hydrogen (secondary N) is 2. The number of thiophene rings is 1. The Morgan fingerprint density at radius 2 is 1.88 bits per heavy atom. The van der Waals surface area contributed by atoms with Crippen LogP contribution < -0.4 is 16.4 Å². The SMILES string of the molecule is Cc1nc(NCC(=O)Nc2ccccc2C(N)=O)c2c(C)c(C)sc2n1. The molecular formula is C18H19N5O2S. The summed E-state index contributed by atoms with van der Waals surface area (Å²) in [6.45, 7) is 5.88. The number of aromatic nitrogens is 2. The summed E-state index contributed by atoms with van der Waals surface area (Å²) < 4.78 is 0. The Bertz CT molecular complexity index is 1010. The molecule has 0 unspecified atom stereocenters. The first-order valence-corrected chi connectivity index (χ1v) is 8.85. The Balaban J connectivity index is 1.79. The van der Waals surface area contributed by atoms with Crippen LogP contribution in [0.15, 0.2) is 24.3 Å². The molecule has 3 aromatic rings. The zero-order valence-corrected chi connectivity index (χ0v) is 15.5. The van der Waals surface area contributed by atoms with E-state index < -0.39 is 5.91 Å². The summed E-state index contributed by atoms with van der Waals surface area (Å²) in [4.78, 5) is 34.7. The van der Waals surface area contributed by atoms with E-state index in [-0.39, 0.29) is 18.0 Å². The Kier molecular flexibility index (Phi) is 4.85. The number of nitrogens with two attached hydrogens (primary N) is 1. The Hall–Kier alpha value is -3.00. The molecule has 0 atom stereocenters. The second kappa shape index (κ2) is 7.09. The third-order valence-electron chi connectivity index (χ3n) is 4.02. The van der Waals surface area contributed by atoms with Gasteiger partial charge in [-0.15, -0.1) is 11.3 Å². The number of carbonyl (C=O) groups excluding carboxylic acids is 2. The zero-order valence-electron chi connectivity index (χ0n) is 14.7. The minimum absolute atomic E-state index is 0.00693. The highest BCUT2D eigenvalue weighted by Gasteiger charge is 2.15. The molecule has 0 aliphatic heterocycles. The predicted molar refractivity (Wildman–Crippen MR) is 104 cm³/mol. The van der Waals surface area contributed by atoms with Crippen LogP contribution in [-0.2, 0) is 4.79 Å². The molecule has 2 amide bonds. The Labute approximate surface area is 154 Å². The van der Waals surface area contributed by atoms with Gasteiger partial charge in [-0.2, -0.15) is 0 Å². The molecule has 1 aromatic carbocycles. The van der Waals surface area contributed by atoms with Gasteiger partial charge in [0.2, 0.25) is 5.91 Å². The van der Waals surface area contributed by atoms with Gasteiger partial charge < -0.3 is 16.4 Å². The minimum atomic E-state index is -0.591. The molecule has 26 heavy (non-hydrogen) atoms. The monoisotopic (exact) mass is 369 g/mol. The smallest absolute Gasteiger partial charge is 0.250 e. The molecule has 0 saturated carbocycles. The van der Waals surface area contributed by atoms with Crippen molar-refractivity contribution in [3.63, 3.8) is 0 Å². The molecule has 0 fully saturated rings. The maximum absolute atomic E-state index is 12.3. The Morgan fingerprint density at radius 3 is 2.62 bits per heavy atom. The first-order valence-electron chi connectivity index (χ1n) is 8.03. The molecule has 0 aliphatic carbocycles.